The number of aryl methyl sites for hydroxylation is 3. The average molecular weight is 377 g/mol. The molecule has 0 bridgehead atoms. The first-order valence-electron chi connectivity index (χ1n) is 9.90. The van der Waals surface area contributed by atoms with Gasteiger partial charge >= 0.3 is 0 Å². The number of rotatable bonds is 5. The van der Waals surface area contributed by atoms with E-state index in [1.807, 2.05) is 27.0 Å². The standard InChI is InChI=1S/C22H27N5O/c1-15-13-23-22(20-16(2)26-28-17(20)3)25-21(15)24-19-9-11-27(12-10-19)14-18-7-5-4-6-8-18/h4-8,13,19H,9-12,14H2,1-3H3,(H,23,24,25). The topological polar surface area (TPSA) is 67.1 Å². The van der Waals surface area contributed by atoms with Crippen LogP contribution in [0.2, 0.25) is 0 Å². The van der Waals surface area contributed by atoms with Crippen molar-refractivity contribution in [1.82, 2.24) is 20.0 Å². The first-order valence-corrected chi connectivity index (χ1v) is 9.90. The van der Waals surface area contributed by atoms with Gasteiger partial charge in [0.25, 0.3) is 0 Å². The van der Waals surface area contributed by atoms with Crippen molar-refractivity contribution in [3.05, 3.63) is 59.1 Å². The number of likely N-dealkylation sites (tertiary alicyclic amines) is 1. The molecule has 0 spiro atoms. The smallest absolute Gasteiger partial charge is 0.167 e. The number of piperidine rings is 1. The lowest BCUT2D eigenvalue weighted by molar-refractivity contribution is 0.211. The highest BCUT2D eigenvalue weighted by Gasteiger charge is 2.21. The second-order valence-corrected chi connectivity index (χ2v) is 7.60. The zero-order valence-corrected chi connectivity index (χ0v) is 16.8. The number of aromatic nitrogens is 3. The zero-order chi connectivity index (χ0) is 19.5. The van der Waals surface area contributed by atoms with Crippen LogP contribution < -0.4 is 5.32 Å². The molecule has 0 radical (unpaired) electrons. The van der Waals surface area contributed by atoms with E-state index < -0.39 is 0 Å². The van der Waals surface area contributed by atoms with Gasteiger partial charge in [0, 0.05) is 37.4 Å². The Hall–Kier alpha value is -2.73. The van der Waals surface area contributed by atoms with Gasteiger partial charge in [-0.2, -0.15) is 0 Å². The van der Waals surface area contributed by atoms with Crippen LogP contribution in [0.1, 0.15) is 35.4 Å². The fourth-order valence-corrected chi connectivity index (χ4v) is 3.78. The molecule has 1 aliphatic rings. The highest BCUT2D eigenvalue weighted by molar-refractivity contribution is 5.62. The maximum atomic E-state index is 5.27. The normalized spacial score (nSPS) is 15.7. The van der Waals surface area contributed by atoms with E-state index in [9.17, 15) is 0 Å². The lowest BCUT2D eigenvalue weighted by Crippen LogP contribution is -2.38. The molecule has 4 rings (SSSR count). The quantitative estimate of drug-likeness (QED) is 0.721. The minimum atomic E-state index is 0.429. The van der Waals surface area contributed by atoms with Crippen LogP contribution in [-0.2, 0) is 6.54 Å². The van der Waals surface area contributed by atoms with E-state index >= 15 is 0 Å². The van der Waals surface area contributed by atoms with E-state index in [0.717, 1.165) is 60.9 Å². The first kappa shape index (κ1) is 18.6. The summed E-state index contributed by atoms with van der Waals surface area (Å²) >= 11 is 0. The Kier molecular flexibility index (Phi) is 5.39. The highest BCUT2D eigenvalue weighted by Crippen LogP contribution is 2.26. The van der Waals surface area contributed by atoms with Crippen molar-refractivity contribution < 1.29 is 4.52 Å². The van der Waals surface area contributed by atoms with Crippen molar-refractivity contribution in [1.29, 1.82) is 0 Å². The molecule has 0 saturated carbocycles. The molecule has 0 unspecified atom stereocenters. The predicted molar refractivity (Wildman–Crippen MR) is 110 cm³/mol. The van der Waals surface area contributed by atoms with E-state index in [4.69, 9.17) is 9.51 Å². The monoisotopic (exact) mass is 377 g/mol. The largest absolute Gasteiger partial charge is 0.367 e. The molecular weight excluding hydrogens is 350 g/mol. The summed E-state index contributed by atoms with van der Waals surface area (Å²) in [7, 11) is 0. The first-order chi connectivity index (χ1) is 13.6. The summed E-state index contributed by atoms with van der Waals surface area (Å²) in [4.78, 5) is 11.8. The maximum Gasteiger partial charge on any atom is 0.167 e. The number of benzene rings is 1. The molecule has 28 heavy (non-hydrogen) atoms. The number of nitrogens with zero attached hydrogens (tertiary/aromatic N) is 4. The van der Waals surface area contributed by atoms with E-state index in [-0.39, 0.29) is 0 Å². The second-order valence-electron chi connectivity index (χ2n) is 7.60. The van der Waals surface area contributed by atoms with Crippen molar-refractivity contribution in [2.75, 3.05) is 18.4 Å². The van der Waals surface area contributed by atoms with Crippen LogP contribution in [0.3, 0.4) is 0 Å². The Morgan fingerprint density at radius 2 is 1.86 bits per heavy atom. The van der Waals surface area contributed by atoms with Gasteiger partial charge in [-0.3, -0.25) is 4.90 Å². The number of hydrogen-bond acceptors (Lipinski definition) is 6. The maximum absolute atomic E-state index is 5.27. The Bertz CT molecular complexity index is 910. The molecule has 3 aromatic rings. The van der Waals surface area contributed by atoms with Gasteiger partial charge in [-0.15, -0.1) is 0 Å². The van der Waals surface area contributed by atoms with Crippen LogP contribution in [0.5, 0.6) is 0 Å². The minimum Gasteiger partial charge on any atom is -0.367 e. The summed E-state index contributed by atoms with van der Waals surface area (Å²) in [6.07, 6.45) is 4.09. The Morgan fingerprint density at radius 3 is 2.54 bits per heavy atom. The molecule has 146 valence electrons. The van der Waals surface area contributed by atoms with Gasteiger partial charge in [0.2, 0.25) is 0 Å². The molecule has 1 aliphatic heterocycles. The van der Waals surface area contributed by atoms with Gasteiger partial charge in [-0.1, -0.05) is 35.5 Å². The van der Waals surface area contributed by atoms with Crippen molar-refractivity contribution in [3.63, 3.8) is 0 Å². The SMILES string of the molecule is Cc1cnc(-c2c(C)noc2C)nc1NC1CCN(Cc2ccccc2)CC1. The van der Waals surface area contributed by atoms with Crippen molar-refractivity contribution >= 4 is 5.82 Å². The Balaban J connectivity index is 1.40. The molecule has 6 heteroatoms. The molecule has 2 aromatic heterocycles. The molecular formula is C22H27N5O. The summed E-state index contributed by atoms with van der Waals surface area (Å²) in [5, 5.41) is 7.67. The van der Waals surface area contributed by atoms with Crippen LogP contribution in [0.4, 0.5) is 5.82 Å². The second kappa shape index (κ2) is 8.10. The molecule has 1 aromatic carbocycles. The van der Waals surface area contributed by atoms with E-state index in [0.29, 0.717) is 11.9 Å². The van der Waals surface area contributed by atoms with Crippen molar-refractivity contribution in [3.8, 4) is 11.4 Å². The van der Waals surface area contributed by atoms with Gasteiger partial charge in [0.1, 0.15) is 11.6 Å². The molecule has 1 N–H and O–H groups in total. The summed E-state index contributed by atoms with van der Waals surface area (Å²) < 4.78 is 5.27. The molecule has 0 aliphatic carbocycles. The minimum absolute atomic E-state index is 0.429. The molecule has 3 heterocycles. The van der Waals surface area contributed by atoms with Crippen LogP contribution in [0, 0.1) is 20.8 Å². The van der Waals surface area contributed by atoms with E-state index in [2.05, 4.69) is 50.7 Å². The molecule has 6 nitrogen and oxygen atoms in total. The van der Waals surface area contributed by atoms with Crippen molar-refractivity contribution in [2.45, 2.75) is 46.2 Å². The lowest BCUT2D eigenvalue weighted by Gasteiger charge is -2.32. The van der Waals surface area contributed by atoms with E-state index in [1.54, 1.807) is 0 Å². The fraction of sp³-hybridized carbons (Fsp3) is 0.409. The Labute approximate surface area is 166 Å². The summed E-state index contributed by atoms with van der Waals surface area (Å²) in [6, 6.07) is 11.1. The van der Waals surface area contributed by atoms with Crippen molar-refractivity contribution in [2.24, 2.45) is 0 Å². The van der Waals surface area contributed by atoms with Gasteiger partial charge in [0.15, 0.2) is 5.82 Å². The lowest BCUT2D eigenvalue weighted by atomic mass is 10.0. The van der Waals surface area contributed by atoms with Gasteiger partial charge < -0.3 is 9.84 Å². The summed E-state index contributed by atoms with van der Waals surface area (Å²) in [5.41, 5.74) is 4.15. The average Bonchev–Trinajstić information content (AvgIpc) is 3.04. The van der Waals surface area contributed by atoms with Crippen LogP contribution in [0.25, 0.3) is 11.4 Å². The third kappa shape index (κ3) is 4.07. The highest BCUT2D eigenvalue weighted by atomic mass is 16.5. The Morgan fingerprint density at radius 1 is 1.11 bits per heavy atom. The molecule has 1 fully saturated rings. The third-order valence-electron chi connectivity index (χ3n) is 5.41. The fourth-order valence-electron chi connectivity index (χ4n) is 3.78. The zero-order valence-electron chi connectivity index (χ0n) is 16.8. The van der Waals surface area contributed by atoms with Crippen LogP contribution in [-0.4, -0.2) is 39.2 Å². The van der Waals surface area contributed by atoms with Crippen LogP contribution in [0.15, 0.2) is 41.1 Å². The summed E-state index contributed by atoms with van der Waals surface area (Å²) in [5.74, 6) is 2.33. The van der Waals surface area contributed by atoms with Crippen LogP contribution >= 0.6 is 0 Å². The van der Waals surface area contributed by atoms with E-state index in [1.165, 1.54) is 5.56 Å². The van der Waals surface area contributed by atoms with Gasteiger partial charge in [-0.05, 0) is 39.2 Å². The number of hydrogen-bond donors (Lipinski definition) is 1. The predicted octanol–water partition coefficient (Wildman–Crippen LogP) is 4.13. The molecule has 1 saturated heterocycles. The number of nitrogens with one attached hydrogen (secondary N) is 1. The molecule has 0 atom stereocenters. The number of anilines is 1. The summed E-state index contributed by atoms with van der Waals surface area (Å²) in [6.45, 7) is 9.07. The molecule has 0 amide bonds. The third-order valence-corrected chi connectivity index (χ3v) is 5.41. The van der Waals surface area contributed by atoms with Gasteiger partial charge in [0.05, 0.1) is 11.3 Å². The van der Waals surface area contributed by atoms with Gasteiger partial charge in [-0.25, -0.2) is 9.97 Å².